The van der Waals surface area contributed by atoms with Crippen LogP contribution in [0.4, 0.5) is 0 Å². The molecule has 2 heteroatoms. The molecule has 2 bridgehead atoms. The molecule has 2 aliphatic rings. The highest BCUT2D eigenvalue weighted by Gasteiger charge is 2.38. The standard InChI is InChI=1S/C20H20N2/c1-2-7-14(8-3-1)20-19-18(15-9-6-12-22(20)13-15)16-10-4-5-11-17(16)21-19/h1-5,7-8,10-11,15,20-21H,6,9,12-13H2/t15-,20+/m0/s1. The van der Waals surface area contributed by atoms with Gasteiger partial charge in [0.1, 0.15) is 0 Å². The third-order valence-electron chi connectivity index (χ3n) is 5.39. The number of nitrogens with zero attached hydrogens (tertiary/aromatic N) is 1. The molecule has 1 unspecified atom stereocenters. The van der Waals surface area contributed by atoms with Crippen LogP contribution in [-0.2, 0) is 0 Å². The lowest BCUT2D eigenvalue weighted by Crippen LogP contribution is -2.42. The van der Waals surface area contributed by atoms with Crippen LogP contribution >= 0.6 is 0 Å². The number of hydrogen-bond donors (Lipinski definition) is 1. The minimum Gasteiger partial charge on any atom is -0.357 e. The van der Waals surface area contributed by atoms with E-state index in [0.717, 1.165) is 0 Å². The van der Waals surface area contributed by atoms with Gasteiger partial charge in [-0.25, -0.2) is 0 Å². The van der Waals surface area contributed by atoms with Crippen molar-refractivity contribution in [1.29, 1.82) is 0 Å². The normalized spacial score (nSPS) is 26.8. The number of nitrogens with one attached hydrogen (secondary N) is 1. The Morgan fingerprint density at radius 2 is 1.77 bits per heavy atom. The summed E-state index contributed by atoms with van der Waals surface area (Å²) in [5, 5.41) is 1.44. The number of para-hydroxylation sites is 1. The van der Waals surface area contributed by atoms with Crippen LogP contribution in [0.15, 0.2) is 54.6 Å². The van der Waals surface area contributed by atoms with E-state index in [0.29, 0.717) is 12.0 Å². The third kappa shape index (κ3) is 1.71. The Balaban J connectivity index is 1.78. The molecular formula is C20H20N2. The fourth-order valence-corrected chi connectivity index (χ4v) is 4.51. The molecule has 3 atom stereocenters. The second-order valence-electron chi connectivity index (χ2n) is 6.65. The zero-order chi connectivity index (χ0) is 14.5. The molecule has 2 nitrogen and oxygen atoms in total. The SMILES string of the molecule is c1ccc([C@@H]2c3[nH]c4ccccc4c3[C@H]3CCCN2C3)cc1. The Bertz CT molecular complexity index is 818. The predicted molar refractivity (Wildman–Crippen MR) is 90.1 cm³/mol. The first-order valence-electron chi connectivity index (χ1n) is 8.31. The van der Waals surface area contributed by atoms with E-state index >= 15 is 0 Å². The van der Waals surface area contributed by atoms with E-state index in [1.54, 1.807) is 5.56 Å². The van der Waals surface area contributed by atoms with E-state index in [9.17, 15) is 0 Å². The van der Waals surface area contributed by atoms with E-state index in [2.05, 4.69) is 64.5 Å². The van der Waals surface area contributed by atoms with Crippen molar-refractivity contribution in [2.45, 2.75) is 24.8 Å². The summed E-state index contributed by atoms with van der Waals surface area (Å²) < 4.78 is 0. The lowest BCUT2D eigenvalue weighted by atomic mass is 9.80. The van der Waals surface area contributed by atoms with Crippen molar-refractivity contribution in [2.24, 2.45) is 0 Å². The Kier molecular flexibility index (Phi) is 2.68. The van der Waals surface area contributed by atoms with E-state index in [1.165, 1.54) is 48.1 Å². The summed E-state index contributed by atoms with van der Waals surface area (Å²) in [6.07, 6.45) is 2.64. The van der Waals surface area contributed by atoms with E-state index in [4.69, 9.17) is 0 Å². The molecule has 1 saturated heterocycles. The van der Waals surface area contributed by atoms with Gasteiger partial charge in [-0.15, -0.1) is 0 Å². The summed E-state index contributed by atoms with van der Waals surface area (Å²) in [5.74, 6) is 0.694. The average molecular weight is 288 g/mol. The first kappa shape index (κ1) is 12.5. The zero-order valence-corrected chi connectivity index (χ0v) is 12.6. The van der Waals surface area contributed by atoms with Crippen molar-refractivity contribution >= 4 is 10.9 Å². The molecule has 1 fully saturated rings. The molecule has 1 N–H and O–H groups in total. The minimum atomic E-state index is 0.389. The van der Waals surface area contributed by atoms with Crippen molar-refractivity contribution in [3.63, 3.8) is 0 Å². The predicted octanol–water partition coefficient (Wildman–Crippen LogP) is 4.45. The quantitative estimate of drug-likeness (QED) is 0.701. The lowest BCUT2D eigenvalue weighted by Gasteiger charge is -2.43. The molecule has 22 heavy (non-hydrogen) atoms. The minimum absolute atomic E-state index is 0.389. The number of piperidine rings is 1. The van der Waals surface area contributed by atoms with Crippen LogP contribution in [0.1, 0.15) is 41.6 Å². The number of benzene rings is 2. The smallest absolute Gasteiger partial charge is 0.0757 e. The number of fused-ring (bicyclic) bond motifs is 6. The van der Waals surface area contributed by atoms with Crippen molar-refractivity contribution in [3.05, 3.63) is 71.4 Å². The molecule has 0 spiro atoms. The molecule has 0 amide bonds. The van der Waals surface area contributed by atoms with Gasteiger partial charge in [-0.05, 0) is 42.5 Å². The first-order valence-corrected chi connectivity index (χ1v) is 8.31. The monoisotopic (exact) mass is 288 g/mol. The molecule has 0 aliphatic carbocycles. The van der Waals surface area contributed by atoms with E-state index in [1.807, 2.05) is 0 Å². The van der Waals surface area contributed by atoms with Crippen molar-refractivity contribution in [1.82, 2.24) is 9.88 Å². The second-order valence-corrected chi connectivity index (χ2v) is 6.65. The van der Waals surface area contributed by atoms with E-state index < -0.39 is 0 Å². The van der Waals surface area contributed by atoms with Crippen molar-refractivity contribution in [3.8, 4) is 0 Å². The Morgan fingerprint density at radius 1 is 0.955 bits per heavy atom. The highest BCUT2D eigenvalue weighted by Crippen LogP contribution is 2.46. The molecule has 2 aromatic carbocycles. The molecule has 3 aromatic rings. The summed E-state index contributed by atoms with van der Waals surface area (Å²) in [6, 6.07) is 20.2. The van der Waals surface area contributed by atoms with Gasteiger partial charge < -0.3 is 4.98 Å². The fourth-order valence-electron chi connectivity index (χ4n) is 4.51. The van der Waals surface area contributed by atoms with Gasteiger partial charge in [-0.2, -0.15) is 0 Å². The molecule has 5 rings (SSSR count). The highest BCUT2D eigenvalue weighted by atomic mass is 15.2. The summed E-state index contributed by atoms with van der Waals surface area (Å²) in [5.41, 5.74) is 5.72. The topological polar surface area (TPSA) is 19.0 Å². The maximum Gasteiger partial charge on any atom is 0.0757 e. The van der Waals surface area contributed by atoms with Gasteiger partial charge in [-0.3, -0.25) is 4.90 Å². The molecule has 3 heterocycles. The molecule has 110 valence electrons. The number of H-pyrrole nitrogens is 1. The van der Waals surface area contributed by atoms with Crippen LogP contribution in [0.25, 0.3) is 10.9 Å². The Hall–Kier alpha value is -2.06. The Labute approximate surface area is 130 Å². The van der Waals surface area contributed by atoms with Crippen LogP contribution < -0.4 is 0 Å². The lowest BCUT2D eigenvalue weighted by molar-refractivity contribution is 0.149. The highest BCUT2D eigenvalue weighted by molar-refractivity contribution is 5.86. The van der Waals surface area contributed by atoms with Gasteiger partial charge in [-0.1, -0.05) is 48.5 Å². The van der Waals surface area contributed by atoms with Crippen molar-refractivity contribution in [2.75, 3.05) is 13.1 Å². The van der Waals surface area contributed by atoms with Crippen LogP contribution in [0, 0.1) is 0 Å². The van der Waals surface area contributed by atoms with Gasteiger partial charge in [0.2, 0.25) is 0 Å². The van der Waals surface area contributed by atoms with Gasteiger partial charge >= 0.3 is 0 Å². The zero-order valence-electron chi connectivity index (χ0n) is 12.6. The summed E-state index contributed by atoms with van der Waals surface area (Å²) in [6.45, 7) is 2.42. The summed E-state index contributed by atoms with van der Waals surface area (Å²) >= 11 is 0. The molecular weight excluding hydrogens is 268 g/mol. The molecule has 0 radical (unpaired) electrons. The Morgan fingerprint density at radius 3 is 2.68 bits per heavy atom. The van der Waals surface area contributed by atoms with Gasteiger partial charge in [0.05, 0.1) is 6.04 Å². The molecule has 1 aromatic heterocycles. The van der Waals surface area contributed by atoms with Crippen molar-refractivity contribution < 1.29 is 0 Å². The van der Waals surface area contributed by atoms with Crippen LogP contribution in [0.5, 0.6) is 0 Å². The summed E-state index contributed by atoms with van der Waals surface area (Å²) in [4.78, 5) is 6.42. The van der Waals surface area contributed by atoms with Gasteiger partial charge in [0.25, 0.3) is 0 Å². The maximum absolute atomic E-state index is 3.75. The average Bonchev–Trinajstić information content (AvgIpc) is 2.95. The van der Waals surface area contributed by atoms with Crippen LogP contribution in [0.2, 0.25) is 0 Å². The van der Waals surface area contributed by atoms with Crippen LogP contribution in [-0.4, -0.2) is 23.0 Å². The maximum atomic E-state index is 3.75. The largest absolute Gasteiger partial charge is 0.357 e. The van der Waals surface area contributed by atoms with Crippen LogP contribution in [0.3, 0.4) is 0 Å². The first-order chi connectivity index (χ1) is 10.9. The number of hydrogen-bond acceptors (Lipinski definition) is 1. The van der Waals surface area contributed by atoms with Gasteiger partial charge in [0, 0.05) is 23.1 Å². The number of rotatable bonds is 1. The number of aromatic amines is 1. The summed E-state index contributed by atoms with van der Waals surface area (Å²) in [7, 11) is 0. The third-order valence-corrected chi connectivity index (χ3v) is 5.39. The molecule has 2 aliphatic heterocycles. The molecule has 0 saturated carbocycles. The van der Waals surface area contributed by atoms with E-state index in [-0.39, 0.29) is 0 Å². The second kappa shape index (κ2) is 4.72. The number of aromatic nitrogens is 1. The van der Waals surface area contributed by atoms with Gasteiger partial charge in [0.15, 0.2) is 0 Å². The fraction of sp³-hybridized carbons (Fsp3) is 0.300.